The van der Waals surface area contributed by atoms with Gasteiger partial charge in [-0.25, -0.2) is 0 Å². The van der Waals surface area contributed by atoms with Crippen LogP contribution < -0.4 is 10.2 Å². The second-order valence-electron chi connectivity index (χ2n) is 12.8. The molecule has 3 nitrogen and oxygen atoms in total. The smallest absolute Gasteiger partial charge is 0.455 e. The predicted octanol–water partition coefficient (Wildman–Crippen LogP) is 9.91. The lowest BCUT2D eigenvalue weighted by Gasteiger charge is -2.32. The van der Waals surface area contributed by atoms with Crippen LogP contribution in [-0.2, 0) is 9.31 Å². The molecule has 1 fully saturated rings. The molecular formula is C40H33BO3. The zero-order valence-electron chi connectivity index (χ0n) is 25.4. The Morgan fingerprint density at radius 2 is 1.07 bits per heavy atom. The third-order valence-electron chi connectivity index (χ3n) is 9.52. The summed E-state index contributed by atoms with van der Waals surface area (Å²) in [5.41, 5.74) is 8.84. The van der Waals surface area contributed by atoms with Gasteiger partial charge in [0.15, 0.2) is 0 Å². The Hall–Kier alpha value is -4.64. The maximum Gasteiger partial charge on any atom is 0.495 e. The summed E-state index contributed by atoms with van der Waals surface area (Å²) in [6.07, 6.45) is 0. The van der Waals surface area contributed by atoms with E-state index in [1.165, 1.54) is 10.9 Å². The van der Waals surface area contributed by atoms with Gasteiger partial charge < -0.3 is 14.0 Å². The van der Waals surface area contributed by atoms with E-state index in [0.717, 1.165) is 61.3 Å². The largest absolute Gasteiger partial charge is 0.495 e. The summed E-state index contributed by atoms with van der Waals surface area (Å²) in [5, 5.41) is 2.33. The summed E-state index contributed by atoms with van der Waals surface area (Å²) in [5.74, 6) is 1.74. The Balaban J connectivity index is 1.44. The Morgan fingerprint density at radius 3 is 1.75 bits per heavy atom. The van der Waals surface area contributed by atoms with E-state index in [4.69, 9.17) is 14.0 Å². The van der Waals surface area contributed by atoms with Crippen molar-refractivity contribution in [1.82, 2.24) is 0 Å². The quantitative estimate of drug-likeness (QED) is 0.197. The molecule has 0 unspecified atom stereocenters. The number of para-hydroxylation sites is 1. The van der Waals surface area contributed by atoms with Crippen molar-refractivity contribution in [3.8, 4) is 56.0 Å². The maximum absolute atomic E-state index is 6.84. The first kappa shape index (κ1) is 27.0. The normalized spacial score (nSPS) is 16.0. The molecule has 2 heterocycles. The highest BCUT2D eigenvalue weighted by molar-refractivity contribution is 6.64. The van der Waals surface area contributed by atoms with Crippen molar-refractivity contribution in [2.75, 3.05) is 0 Å². The van der Waals surface area contributed by atoms with Gasteiger partial charge in [-0.1, -0.05) is 115 Å². The van der Waals surface area contributed by atoms with Crippen LogP contribution in [0.15, 0.2) is 127 Å². The number of fused-ring (bicyclic) bond motifs is 2. The molecule has 1 saturated heterocycles. The van der Waals surface area contributed by atoms with E-state index in [2.05, 4.69) is 155 Å². The van der Waals surface area contributed by atoms with E-state index in [0.29, 0.717) is 0 Å². The second-order valence-corrected chi connectivity index (χ2v) is 12.8. The Kier molecular flexibility index (Phi) is 6.10. The first-order valence-corrected chi connectivity index (χ1v) is 15.3. The predicted molar refractivity (Wildman–Crippen MR) is 181 cm³/mol. The van der Waals surface area contributed by atoms with Crippen LogP contribution in [0.5, 0.6) is 11.5 Å². The Morgan fingerprint density at radius 1 is 0.500 bits per heavy atom. The third kappa shape index (κ3) is 4.21. The van der Waals surface area contributed by atoms with Crippen LogP contribution in [0.1, 0.15) is 27.7 Å². The minimum absolute atomic E-state index is 0.480. The van der Waals surface area contributed by atoms with Crippen molar-refractivity contribution in [3.05, 3.63) is 127 Å². The van der Waals surface area contributed by atoms with Crippen molar-refractivity contribution >= 4 is 23.4 Å². The topological polar surface area (TPSA) is 27.7 Å². The van der Waals surface area contributed by atoms with Crippen LogP contribution in [0.25, 0.3) is 55.3 Å². The molecule has 0 atom stereocenters. The van der Waals surface area contributed by atoms with Crippen LogP contribution in [-0.4, -0.2) is 18.3 Å². The zero-order valence-corrected chi connectivity index (χ0v) is 25.4. The molecular weight excluding hydrogens is 539 g/mol. The minimum Gasteiger partial charge on any atom is -0.455 e. The van der Waals surface area contributed by atoms with Crippen LogP contribution in [0.2, 0.25) is 0 Å². The first-order chi connectivity index (χ1) is 21.3. The van der Waals surface area contributed by atoms with Gasteiger partial charge >= 0.3 is 7.12 Å². The molecule has 0 radical (unpaired) electrons. The van der Waals surface area contributed by atoms with Gasteiger partial charge in [-0.2, -0.15) is 0 Å². The van der Waals surface area contributed by atoms with Gasteiger partial charge in [0.05, 0.1) is 11.2 Å². The highest BCUT2D eigenvalue weighted by Gasteiger charge is 2.52. The molecule has 2 aliphatic heterocycles. The maximum atomic E-state index is 6.84. The van der Waals surface area contributed by atoms with Crippen LogP contribution in [0.3, 0.4) is 0 Å². The van der Waals surface area contributed by atoms with E-state index in [-0.39, 0.29) is 0 Å². The van der Waals surface area contributed by atoms with Gasteiger partial charge in [-0.3, -0.25) is 0 Å². The SMILES string of the molecule is CC1(C)OB(c2cc(-c3ccccc3)cc(-c3cccc4c3Oc3cccc5cccc-4c35)c2-c2ccccc2)OC1(C)C. The van der Waals surface area contributed by atoms with Crippen LogP contribution in [0.4, 0.5) is 0 Å². The Bertz CT molecular complexity index is 2030. The van der Waals surface area contributed by atoms with Gasteiger partial charge in [0.25, 0.3) is 0 Å². The molecule has 2 aliphatic rings. The van der Waals surface area contributed by atoms with Crippen LogP contribution >= 0.6 is 0 Å². The summed E-state index contributed by atoms with van der Waals surface area (Å²) >= 11 is 0. The number of benzene rings is 6. The fraction of sp³-hybridized carbons (Fsp3) is 0.150. The number of rotatable bonds is 4. The lowest BCUT2D eigenvalue weighted by Crippen LogP contribution is -2.41. The van der Waals surface area contributed by atoms with E-state index in [9.17, 15) is 0 Å². The summed E-state index contributed by atoms with van der Waals surface area (Å²) in [6, 6.07) is 44.9. The number of ether oxygens (including phenoxy) is 1. The van der Waals surface area contributed by atoms with Crippen molar-refractivity contribution in [2.24, 2.45) is 0 Å². The molecule has 0 aromatic heterocycles. The first-order valence-electron chi connectivity index (χ1n) is 15.3. The van der Waals surface area contributed by atoms with Gasteiger partial charge in [0, 0.05) is 16.5 Å². The van der Waals surface area contributed by atoms with Gasteiger partial charge in [-0.15, -0.1) is 0 Å². The molecule has 8 rings (SSSR count). The van der Waals surface area contributed by atoms with Gasteiger partial charge in [-0.05, 0) is 84.1 Å². The Labute approximate surface area is 259 Å². The molecule has 214 valence electrons. The molecule has 44 heavy (non-hydrogen) atoms. The summed E-state index contributed by atoms with van der Waals surface area (Å²) < 4.78 is 20.3. The molecule has 0 spiro atoms. The highest BCUT2D eigenvalue weighted by atomic mass is 16.7. The molecule has 0 saturated carbocycles. The fourth-order valence-electron chi connectivity index (χ4n) is 6.55. The number of hydrogen-bond donors (Lipinski definition) is 0. The second kappa shape index (κ2) is 9.95. The van der Waals surface area contributed by atoms with Gasteiger partial charge in [0.2, 0.25) is 0 Å². The average Bonchev–Trinajstić information content (AvgIpc) is 3.27. The summed E-state index contributed by atoms with van der Waals surface area (Å²) in [7, 11) is -0.549. The van der Waals surface area contributed by atoms with Crippen molar-refractivity contribution in [2.45, 2.75) is 38.9 Å². The summed E-state index contributed by atoms with van der Waals surface area (Å²) in [6.45, 7) is 8.43. The van der Waals surface area contributed by atoms with Crippen molar-refractivity contribution < 1.29 is 14.0 Å². The van der Waals surface area contributed by atoms with E-state index in [1.807, 2.05) is 0 Å². The van der Waals surface area contributed by atoms with Gasteiger partial charge in [0.1, 0.15) is 11.5 Å². The van der Waals surface area contributed by atoms with Crippen molar-refractivity contribution in [1.29, 1.82) is 0 Å². The minimum atomic E-state index is -0.549. The molecule has 6 aromatic carbocycles. The van der Waals surface area contributed by atoms with Crippen molar-refractivity contribution in [3.63, 3.8) is 0 Å². The zero-order chi connectivity index (χ0) is 30.1. The molecule has 0 bridgehead atoms. The van der Waals surface area contributed by atoms with E-state index in [1.54, 1.807) is 0 Å². The molecule has 0 amide bonds. The third-order valence-corrected chi connectivity index (χ3v) is 9.52. The van der Waals surface area contributed by atoms with E-state index < -0.39 is 18.3 Å². The van der Waals surface area contributed by atoms with Crippen LogP contribution in [0, 0.1) is 0 Å². The lowest BCUT2D eigenvalue weighted by molar-refractivity contribution is 0.00578. The number of hydrogen-bond acceptors (Lipinski definition) is 3. The molecule has 0 aliphatic carbocycles. The highest BCUT2D eigenvalue weighted by Crippen LogP contribution is 2.51. The fourth-order valence-corrected chi connectivity index (χ4v) is 6.55. The molecule has 4 heteroatoms. The lowest BCUT2D eigenvalue weighted by atomic mass is 9.70. The average molecular weight is 573 g/mol. The monoisotopic (exact) mass is 572 g/mol. The standard InChI is InChI=1S/C40H33BO3/c1-39(2)40(3,4)44-41(43-39)34-25-29(26-14-7-5-8-15-26)24-33(36(34)27-16-9-6-10-17-27)32-22-13-21-31-30-20-11-18-28-19-12-23-35(37(28)30)42-38(31)32/h5-25H,1-4H3. The molecule has 6 aromatic rings. The summed E-state index contributed by atoms with van der Waals surface area (Å²) in [4.78, 5) is 0. The molecule has 0 N–H and O–H groups in total. The van der Waals surface area contributed by atoms with E-state index >= 15 is 0 Å².